The lowest BCUT2D eigenvalue weighted by Gasteiger charge is -2.03. The number of hydrogen-bond acceptors (Lipinski definition) is 2. The lowest BCUT2D eigenvalue weighted by atomic mass is 10.1. The van der Waals surface area contributed by atoms with Crippen molar-refractivity contribution >= 4 is 33.3 Å². The highest BCUT2D eigenvalue weighted by atomic mass is 79.9. The van der Waals surface area contributed by atoms with Gasteiger partial charge < -0.3 is 0 Å². The molecule has 0 atom stereocenters. The minimum Gasteiger partial charge on any atom is -0.287 e. The Morgan fingerprint density at radius 1 is 1.47 bits per heavy atom. The Labute approximate surface area is 110 Å². The van der Waals surface area contributed by atoms with Crippen LogP contribution < -0.4 is 0 Å². The van der Waals surface area contributed by atoms with Crippen molar-refractivity contribution < 1.29 is 9.18 Å². The van der Waals surface area contributed by atoms with Crippen LogP contribution in [0.1, 0.15) is 16.1 Å². The topological polar surface area (TPSA) is 34.9 Å². The minimum atomic E-state index is -0.739. The predicted octanol–water partition coefficient (Wildman–Crippen LogP) is 3.21. The summed E-state index contributed by atoms with van der Waals surface area (Å²) in [7, 11) is 1.68. The van der Waals surface area contributed by atoms with Crippen molar-refractivity contribution in [2.24, 2.45) is 7.05 Å². The van der Waals surface area contributed by atoms with E-state index in [0.29, 0.717) is 4.47 Å². The highest BCUT2D eigenvalue weighted by Crippen LogP contribution is 2.28. The first-order valence-corrected chi connectivity index (χ1v) is 5.85. The fourth-order valence-corrected chi connectivity index (χ4v) is 1.85. The highest BCUT2D eigenvalue weighted by molar-refractivity contribution is 9.10. The molecule has 2 aromatic rings. The molecule has 0 amide bonds. The zero-order valence-corrected chi connectivity index (χ0v) is 11.1. The predicted molar refractivity (Wildman–Crippen MR) is 65.8 cm³/mol. The highest BCUT2D eigenvalue weighted by Gasteiger charge is 2.19. The number of halogens is 3. The Kier molecular flexibility index (Phi) is 3.31. The molecule has 0 spiro atoms. The molecule has 0 unspecified atom stereocenters. The van der Waals surface area contributed by atoms with Gasteiger partial charge in [-0.05, 0) is 34.1 Å². The van der Waals surface area contributed by atoms with Gasteiger partial charge in [0.1, 0.15) is 5.69 Å². The third-order valence-corrected chi connectivity index (χ3v) is 3.48. The monoisotopic (exact) mass is 316 g/mol. The summed E-state index contributed by atoms with van der Waals surface area (Å²) < 4.78 is 15.7. The van der Waals surface area contributed by atoms with Gasteiger partial charge in [-0.25, -0.2) is 4.39 Å². The van der Waals surface area contributed by atoms with Crippen LogP contribution in [0.2, 0.25) is 5.02 Å². The van der Waals surface area contributed by atoms with Crippen molar-refractivity contribution in [3.8, 4) is 0 Å². The third-order valence-electron chi connectivity index (χ3n) is 2.23. The Hall–Kier alpha value is -1.20. The molecule has 1 aromatic carbocycles. The van der Waals surface area contributed by atoms with Crippen molar-refractivity contribution in [1.82, 2.24) is 9.78 Å². The molecule has 1 aromatic heterocycles. The van der Waals surface area contributed by atoms with Gasteiger partial charge in [0, 0.05) is 17.7 Å². The molecule has 6 heteroatoms. The Morgan fingerprint density at radius 3 is 2.76 bits per heavy atom. The van der Waals surface area contributed by atoms with Crippen LogP contribution in [-0.2, 0) is 7.05 Å². The molecular formula is C11H7BrClFN2O. The van der Waals surface area contributed by atoms with Gasteiger partial charge in [-0.1, -0.05) is 11.6 Å². The number of nitrogens with zero attached hydrogens (tertiary/aromatic N) is 2. The second kappa shape index (κ2) is 4.58. The van der Waals surface area contributed by atoms with E-state index < -0.39 is 11.6 Å². The molecule has 0 saturated heterocycles. The van der Waals surface area contributed by atoms with Crippen LogP contribution in [0.5, 0.6) is 0 Å². The van der Waals surface area contributed by atoms with Crippen molar-refractivity contribution in [2.45, 2.75) is 0 Å². The summed E-state index contributed by atoms with van der Waals surface area (Å²) in [5.74, 6) is -1.23. The molecule has 88 valence electrons. The van der Waals surface area contributed by atoms with Gasteiger partial charge in [-0.15, -0.1) is 0 Å². The smallest absolute Gasteiger partial charge is 0.216 e. The lowest BCUT2D eigenvalue weighted by molar-refractivity contribution is 0.103. The number of rotatable bonds is 2. The molecule has 1 heterocycles. The SMILES string of the molecule is Cn1ccc(C(=O)c2ccc(Br)c(Cl)c2F)n1. The maximum atomic E-state index is 13.8. The number of hydrogen-bond donors (Lipinski definition) is 0. The van der Waals surface area contributed by atoms with Crippen LogP contribution in [-0.4, -0.2) is 15.6 Å². The molecule has 0 saturated carbocycles. The van der Waals surface area contributed by atoms with E-state index in [1.165, 1.54) is 22.9 Å². The normalized spacial score (nSPS) is 10.6. The summed E-state index contributed by atoms with van der Waals surface area (Å²) in [6.07, 6.45) is 1.62. The number of benzene rings is 1. The average Bonchev–Trinajstić information content (AvgIpc) is 2.72. The Morgan fingerprint density at radius 2 is 2.18 bits per heavy atom. The van der Waals surface area contributed by atoms with E-state index in [9.17, 15) is 9.18 Å². The van der Waals surface area contributed by atoms with Crippen molar-refractivity contribution in [3.63, 3.8) is 0 Å². The van der Waals surface area contributed by atoms with Gasteiger partial charge in [-0.3, -0.25) is 9.48 Å². The number of aromatic nitrogens is 2. The van der Waals surface area contributed by atoms with Crippen LogP contribution >= 0.6 is 27.5 Å². The van der Waals surface area contributed by atoms with E-state index in [1.807, 2.05) is 0 Å². The summed E-state index contributed by atoms with van der Waals surface area (Å²) in [4.78, 5) is 12.0. The molecule has 0 aliphatic rings. The summed E-state index contributed by atoms with van der Waals surface area (Å²) in [5.41, 5.74) is 0.0988. The van der Waals surface area contributed by atoms with Gasteiger partial charge in [-0.2, -0.15) is 5.10 Å². The van der Waals surface area contributed by atoms with E-state index in [0.717, 1.165) is 0 Å². The van der Waals surface area contributed by atoms with Gasteiger partial charge in [0.05, 0.1) is 10.6 Å². The van der Waals surface area contributed by atoms with E-state index in [-0.39, 0.29) is 16.3 Å². The molecular weight excluding hydrogens is 310 g/mol. The Balaban J connectivity index is 2.48. The standard InChI is InChI=1S/C11H7BrClFN2O/c1-16-5-4-8(15-16)11(17)6-2-3-7(12)9(13)10(6)14/h2-5H,1H3. The first kappa shape index (κ1) is 12.3. The van der Waals surface area contributed by atoms with Crippen molar-refractivity contribution in [3.05, 3.63) is 51.0 Å². The summed E-state index contributed by atoms with van der Waals surface area (Å²) in [5, 5.41) is 3.82. The van der Waals surface area contributed by atoms with Crippen LogP contribution in [0.25, 0.3) is 0 Å². The number of aryl methyl sites for hydroxylation is 1. The van der Waals surface area contributed by atoms with E-state index in [1.54, 1.807) is 13.2 Å². The second-order valence-corrected chi connectivity index (χ2v) is 4.66. The van der Waals surface area contributed by atoms with Crippen molar-refractivity contribution in [1.29, 1.82) is 0 Å². The first-order valence-electron chi connectivity index (χ1n) is 4.68. The van der Waals surface area contributed by atoms with Crippen LogP contribution in [0.4, 0.5) is 4.39 Å². The number of carbonyl (C=O) groups excluding carboxylic acids is 1. The maximum Gasteiger partial charge on any atom is 0.216 e. The molecule has 0 fully saturated rings. The fourth-order valence-electron chi connectivity index (χ4n) is 1.38. The first-order chi connectivity index (χ1) is 8.00. The zero-order chi connectivity index (χ0) is 12.6. The van der Waals surface area contributed by atoms with Gasteiger partial charge in [0.15, 0.2) is 5.82 Å². The molecule has 2 rings (SSSR count). The molecule has 3 nitrogen and oxygen atoms in total. The zero-order valence-electron chi connectivity index (χ0n) is 8.75. The number of ketones is 1. The average molecular weight is 318 g/mol. The number of carbonyl (C=O) groups is 1. The van der Waals surface area contributed by atoms with Crippen LogP contribution in [0, 0.1) is 5.82 Å². The van der Waals surface area contributed by atoms with Crippen LogP contribution in [0.3, 0.4) is 0 Å². The summed E-state index contributed by atoms with van der Waals surface area (Å²) in [6, 6.07) is 4.43. The Bertz CT molecular complexity index is 597. The van der Waals surface area contributed by atoms with Gasteiger partial charge in [0.2, 0.25) is 5.78 Å². The van der Waals surface area contributed by atoms with E-state index in [2.05, 4.69) is 21.0 Å². The van der Waals surface area contributed by atoms with Gasteiger partial charge >= 0.3 is 0 Å². The van der Waals surface area contributed by atoms with Gasteiger partial charge in [0.25, 0.3) is 0 Å². The van der Waals surface area contributed by atoms with Crippen molar-refractivity contribution in [2.75, 3.05) is 0 Å². The van der Waals surface area contributed by atoms with E-state index >= 15 is 0 Å². The molecule has 17 heavy (non-hydrogen) atoms. The molecule has 0 aliphatic carbocycles. The molecule has 0 bridgehead atoms. The van der Waals surface area contributed by atoms with E-state index in [4.69, 9.17) is 11.6 Å². The minimum absolute atomic E-state index is 0.0862. The summed E-state index contributed by atoms with van der Waals surface area (Å²) >= 11 is 8.81. The third kappa shape index (κ3) is 2.25. The van der Waals surface area contributed by atoms with Crippen LogP contribution in [0.15, 0.2) is 28.9 Å². The second-order valence-electron chi connectivity index (χ2n) is 3.43. The lowest BCUT2D eigenvalue weighted by Crippen LogP contribution is -2.06. The fraction of sp³-hybridized carbons (Fsp3) is 0.0909. The quantitative estimate of drug-likeness (QED) is 0.630. The molecule has 0 aliphatic heterocycles. The maximum absolute atomic E-state index is 13.8. The largest absolute Gasteiger partial charge is 0.287 e. The molecule has 0 N–H and O–H groups in total. The summed E-state index contributed by atoms with van der Waals surface area (Å²) in [6.45, 7) is 0. The molecule has 0 radical (unpaired) electrons.